The van der Waals surface area contributed by atoms with Crippen LogP contribution in [0.3, 0.4) is 0 Å². The fourth-order valence-electron chi connectivity index (χ4n) is 2.80. The number of hydrogen-bond donors (Lipinski definition) is 1. The van der Waals surface area contributed by atoms with Crippen molar-refractivity contribution in [2.75, 3.05) is 5.73 Å². The van der Waals surface area contributed by atoms with Gasteiger partial charge in [0.15, 0.2) is 0 Å². The summed E-state index contributed by atoms with van der Waals surface area (Å²) >= 11 is 0. The maximum atomic E-state index is 6.13. The molecule has 0 radical (unpaired) electrons. The highest BCUT2D eigenvalue weighted by atomic mass is 15.2. The molecule has 2 aromatic rings. The summed E-state index contributed by atoms with van der Waals surface area (Å²) in [5.74, 6) is 1.58. The molecular formula is C15H21N3. The Kier molecular flexibility index (Phi) is 2.77. The number of nitrogen functional groups attached to an aromatic ring is 1. The van der Waals surface area contributed by atoms with Crippen LogP contribution in [0.2, 0.25) is 0 Å². The number of hydrogen-bond acceptors (Lipinski definition) is 2. The third-order valence-corrected chi connectivity index (χ3v) is 4.01. The predicted octanol–water partition coefficient (Wildman–Crippen LogP) is 3.68. The zero-order valence-corrected chi connectivity index (χ0v) is 11.2. The van der Waals surface area contributed by atoms with Gasteiger partial charge in [0.25, 0.3) is 0 Å². The summed E-state index contributed by atoms with van der Waals surface area (Å²) < 4.78 is 2.25. The van der Waals surface area contributed by atoms with Gasteiger partial charge in [-0.3, -0.25) is 0 Å². The quantitative estimate of drug-likeness (QED) is 0.890. The number of aryl methyl sites for hydroxylation is 1. The summed E-state index contributed by atoms with van der Waals surface area (Å²) in [6.45, 7) is 4.36. The number of fused-ring (bicyclic) bond motifs is 1. The lowest BCUT2D eigenvalue weighted by molar-refractivity contribution is 0.442. The first-order chi connectivity index (χ1) is 8.69. The SMILES string of the molecule is CCC(CC1CC1)n1c(N)nc2ccc(C)cc21. The molecule has 3 heteroatoms. The van der Waals surface area contributed by atoms with Gasteiger partial charge in [-0.05, 0) is 43.4 Å². The largest absolute Gasteiger partial charge is 0.369 e. The molecule has 3 rings (SSSR count). The number of benzene rings is 1. The Bertz CT molecular complexity index is 566. The van der Waals surface area contributed by atoms with E-state index in [-0.39, 0.29) is 0 Å². The van der Waals surface area contributed by atoms with Gasteiger partial charge < -0.3 is 10.3 Å². The molecule has 18 heavy (non-hydrogen) atoms. The molecule has 1 aliphatic carbocycles. The van der Waals surface area contributed by atoms with Crippen molar-refractivity contribution in [2.45, 2.75) is 45.6 Å². The van der Waals surface area contributed by atoms with Crippen LogP contribution in [-0.4, -0.2) is 9.55 Å². The topological polar surface area (TPSA) is 43.8 Å². The van der Waals surface area contributed by atoms with E-state index in [4.69, 9.17) is 5.73 Å². The minimum absolute atomic E-state index is 0.504. The fraction of sp³-hybridized carbons (Fsp3) is 0.533. The van der Waals surface area contributed by atoms with E-state index in [0.717, 1.165) is 17.9 Å². The average Bonchev–Trinajstić information content (AvgIpc) is 3.10. The predicted molar refractivity (Wildman–Crippen MR) is 75.6 cm³/mol. The summed E-state index contributed by atoms with van der Waals surface area (Å²) in [4.78, 5) is 4.49. The van der Waals surface area contributed by atoms with E-state index in [1.165, 1.54) is 30.3 Å². The maximum absolute atomic E-state index is 6.13. The van der Waals surface area contributed by atoms with Gasteiger partial charge >= 0.3 is 0 Å². The first-order valence-electron chi connectivity index (χ1n) is 6.93. The Labute approximate surface area is 108 Å². The Balaban J connectivity index is 2.07. The molecule has 1 fully saturated rings. The van der Waals surface area contributed by atoms with Crippen molar-refractivity contribution in [1.82, 2.24) is 9.55 Å². The molecule has 1 aromatic heterocycles. The molecule has 1 unspecified atom stereocenters. The lowest BCUT2D eigenvalue weighted by atomic mass is 10.1. The molecule has 1 saturated carbocycles. The van der Waals surface area contributed by atoms with Gasteiger partial charge in [-0.2, -0.15) is 0 Å². The summed E-state index contributed by atoms with van der Waals surface area (Å²) in [5, 5.41) is 0. The van der Waals surface area contributed by atoms with E-state index in [1.54, 1.807) is 0 Å². The van der Waals surface area contributed by atoms with Crippen LogP contribution in [0, 0.1) is 12.8 Å². The monoisotopic (exact) mass is 243 g/mol. The molecule has 3 nitrogen and oxygen atoms in total. The van der Waals surface area contributed by atoms with Crippen molar-refractivity contribution in [3.8, 4) is 0 Å². The number of nitrogens with zero attached hydrogens (tertiary/aromatic N) is 2. The van der Waals surface area contributed by atoms with E-state index < -0.39 is 0 Å². The Morgan fingerprint density at radius 3 is 2.89 bits per heavy atom. The number of nitrogens with two attached hydrogens (primary N) is 1. The summed E-state index contributed by atoms with van der Waals surface area (Å²) in [5.41, 5.74) is 9.61. The second kappa shape index (κ2) is 4.30. The second-order valence-corrected chi connectivity index (χ2v) is 5.57. The van der Waals surface area contributed by atoms with Gasteiger partial charge in [0, 0.05) is 6.04 Å². The van der Waals surface area contributed by atoms with Gasteiger partial charge in [-0.15, -0.1) is 0 Å². The molecule has 1 aromatic carbocycles. The van der Waals surface area contributed by atoms with E-state index in [2.05, 4.69) is 41.6 Å². The standard InChI is InChI=1S/C15H21N3/c1-3-12(9-11-5-6-11)18-14-8-10(2)4-7-13(14)17-15(18)16/h4,7-8,11-12H,3,5-6,9H2,1-2H3,(H2,16,17). The lowest BCUT2D eigenvalue weighted by Gasteiger charge is -2.19. The molecule has 0 saturated heterocycles. The molecule has 1 atom stereocenters. The zero-order valence-electron chi connectivity index (χ0n) is 11.2. The van der Waals surface area contributed by atoms with Crippen LogP contribution < -0.4 is 5.73 Å². The smallest absolute Gasteiger partial charge is 0.201 e. The Hall–Kier alpha value is -1.51. The van der Waals surface area contributed by atoms with E-state index in [0.29, 0.717) is 12.0 Å². The third-order valence-electron chi connectivity index (χ3n) is 4.01. The van der Waals surface area contributed by atoms with Crippen LogP contribution in [0.1, 0.15) is 44.2 Å². The minimum Gasteiger partial charge on any atom is -0.369 e. The van der Waals surface area contributed by atoms with Crippen LogP contribution in [-0.2, 0) is 0 Å². The van der Waals surface area contributed by atoms with Crippen LogP contribution in [0.15, 0.2) is 18.2 Å². The number of imidazole rings is 1. The van der Waals surface area contributed by atoms with Crippen LogP contribution in [0.5, 0.6) is 0 Å². The summed E-state index contributed by atoms with van der Waals surface area (Å²) in [7, 11) is 0. The van der Waals surface area contributed by atoms with Gasteiger partial charge in [0.2, 0.25) is 5.95 Å². The number of rotatable bonds is 4. The normalized spacial score (nSPS) is 17.2. The van der Waals surface area contributed by atoms with E-state index >= 15 is 0 Å². The molecule has 0 aliphatic heterocycles. The third kappa shape index (κ3) is 1.98. The second-order valence-electron chi connectivity index (χ2n) is 5.57. The Morgan fingerprint density at radius 1 is 1.44 bits per heavy atom. The average molecular weight is 243 g/mol. The number of anilines is 1. The lowest BCUT2D eigenvalue weighted by Crippen LogP contribution is -2.12. The highest BCUT2D eigenvalue weighted by Gasteiger charge is 2.27. The molecule has 1 aliphatic rings. The molecule has 96 valence electrons. The Morgan fingerprint density at radius 2 is 2.22 bits per heavy atom. The van der Waals surface area contributed by atoms with Crippen molar-refractivity contribution in [1.29, 1.82) is 0 Å². The van der Waals surface area contributed by atoms with Gasteiger partial charge in [-0.1, -0.05) is 25.8 Å². The van der Waals surface area contributed by atoms with Crippen LogP contribution >= 0.6 is 0 Å². The van der Waals surface area contributed by atoms with Gasteiger partial charge in [0.1, 0.15) is 0 Å². The summed E-state index contributed by atoms with van der Waals surface area (Å²) in [6, 6.07) is 6.88. The fourth-order valence-corrected chi connectivity index (χ4v) is 2.80. The van der Waals surface area contributed by atoms with Crippen LogP contribution in [0.25, 0.3) is 11.0 Å². The highest BCUT2D eigenvalue weighted by molar-refractivity contribution is 5.79. The molecule has 1 heterocycles. The van der Waals surface area contributed by atoms with E-state index in [1.807, 2.05) is 0 Å². The molecule has 0 bridgehead atoms. The van der Waals surface area contributed by atoms with Gasteiger partial charge in [-0.25, -0.2) is 4.98 Å². The van der Waals surface area contributed by atoms with Gasteiger partial charge in [0.05, 0.1) is 11.0 Å². The first kappa shape index (κ1) is 11.6. The van der Waals surface area contributed by atoms with Crippen molar-refractivity contribution >= 4 is 17.0 Å². The first-order valence-corrected chi connectivity index (χ1v) is 6.93. The van der Waals surface area contributed by atoms with Crippen molar-refractivity contribution in [3.63, 3.8) is 0 Å². The number of aromatic nitrogens is 2. The van der Waals surface area contributed by atoms with Crippen molar-refractivity contribution in [2.24, 2.45) is 5.92 Å². The zero-order chi connectivity index (χ0) is 12.7. The summed E-state index contributed by atoms with van der Waals surface area (Å²) in [6.07, 6.45) is 5.16. The van der Waals surface area contributed by atoms with Crippen molar-refractivity contribution in [3.05, 3.63) is 23.8 Å². The highest BCUT2D eigenvalue weighted by Crippen LogP contribution is 2.39. The molecule has 0 amide bonds. The van der Waals surface area contributed by atoms with E-state index in [9.17, 15) is 0 Å². The maximum Gasteiger partial charge on any atom is 0.201 e. The molecule has 2 N–H and O–H groups in total. The van der Waals surface area contributed by atoms with Crippen molar-refractivity contribution < 1.29 is 0 Å². The molecule has 0 spiro atoms. The minimum atomic E-state index is 0.504. The molecular weight excluding hydrogens is 222 g/mol. The van der Waals surface area contributed by atoms with Crippen LogP contribution in [0.4, 0.5) is 5.95 Å².